The van der Waals surface area contributed by atoms with Gasteiger partial charge in [-0.3, -0.25) is 0 Å². The predicted molar refractivity (Wildman–Crippen MR) is 149 cm³/mol. The van der Waals surface area contributed by atoms with Gasteiger partial charge in [0, 0.05) is 17.9 Å². The molecule has 1 N–H and O–H groups in total. The van der Waals surface area contributed by atoms with Crippen LogP contribution in [0.4, 0.5) is 0 Å². The summed E-state index contributed by atoms with van der Waals surface area (Å²) in [5, 5.41) is 7.52. The van der Waals surface area contributed by atoms with Crippen LogP contribution in [0, 0.1) is 5.41 Å². The van der Waals surface area contributed by atoms with Crippen molar-refractivity contribution in [1.29, 1.82) is 5.41 Å². The molecule has 0 saturated heterocycles. The average Bonchev–Trinajstić information content (AvgIpc) is 2.99. The van der Waals surface area contributed by atoms with Crippen molar-refractivity contribution in [2.75, 3.05) is 20.3 Å². The Morgan fingerprint density at radius 2 is 1.32 bits per heavy atom. The minimum Gasteiger partial charge on any atom is -0.497 e. The number of nitrogens with one attached hydrogen (secondary N) is 1. The highest BCUT2D eigenvalue weighted by molar-refractivity contribution is 5.94. The molecule has 0 bridgehead atoms. The average molecular weight is 546 g/mol. The van der Waals surface area contributed by atoms with Crippen molar-refractivity contribution in [1.82, 2.24) is 0 Å². The molecule has 0 unspecified atom stereocenters. The first-order valence-corrected chi connectivity index (χ1v) is 12.7. The standard InChI is InChI=1S/C31H31NO8/c1-3-29(33)38-19-7-5-4-6-18-37-25-12-8-22(9-13-25)30(34)39-26-14-10-23(11-15-26)31(35)40-28-17-16-27(36-2)20-24(28)21-32/h3,8-17,20-21,32H,1,4-7,18-19H2,2H3. The van der Waals surface area contributed by atoms with Gasteiger partial charge in [-0.25, -0.2) is 14.4 Å². The van der Waals surface area contributed by atoms with Gasteiger partial charge >= 0.3 is 17.9 Å². The van der Waals surface area contributed by atoms with Crippen LogP contribution in [-0.2, 0) is 9.53 Å². The van der Waals surface area contributed by atoms with Gasteiger partial charge in [-0.2, -0.15) is 0 Å². The van der Waals surface area contributed by atoms with Crippen LogP contribution in [0.2, 0.25) is 0 Å². The number of rotatable bonds is 15. The van der Waals surface area contributed by atoms with Crippen LogP contribution < -0.4 is 18.9 Å². The fourth-order valence-corrected chi connectivity index (χ4v) is 3.51. The third-order valence-corrected chi connectivity index (χ3v) is 5.68. The summed E-state index contributed by atoms with van der Waals surface area (Å²) in [4.78, 5) is 36.0. The van der Waals surface area contributed by atoms with Crippen molar-refractivity contribution in [3.05, 3.63) is 96.1 Å². The summed E-state index contributed by atoms with van der Waals surface area (Å²) < 4.78 is 26.6. The first kappa shape index (κ1) is 29.6. The number of benzene rings is 3. The van der Waals surface area contributed by atoms with E-state index in [9.17, 15) is 14.4 Å². The van der Waals surface area contributed by atoms with E-state index in [1.807, 2.05) is 0 Å². The third kappa shape index (κ3) is 9.13. The highest BCUT2D eigenvalue weighted by atomic mass is 16.5. The van der Waals surface area contributed by atoms with Crippen LogP contribution >= 0.6 is 0 Å². The van der Waals surface area contributed by atoms with E-state index < -0.39 is 17.9 Å². The Kier molecular flexibility index (Phi) is 11.5. The molecule has 0 fully saturated rings. The smallest absolute Gasteiger partial charge is 0.343 e. The minimum atomic E-state index is -0.615. The van der Waals surface area contributed by atoms with Gasteiger partial charge in [-0.15, -0.1) is 0 Å². The molecule has 9 nitrogen and oxygen atoms in total. The highest BCUT2D eigenvalue weighted by Crippen LogP contribution is 2.24. The summed E-state index contributed by atoms with van der Waals surface area (Å²) in [6, 6.07) is 17.4. The maximum absolute atomic E-state index is 12.5. The molecule has 0 amide bonds. The van der Waals surface area contributed by atoms with Crippen molar-refractivity contribution >= 4 is 24.1 Å². The molecule has 208 valence electrons. The molecule has 3 rings (SSSR count). The number of carbonyl (C=O) groups is 3. The van der Waals surface area contributed by atoms with Gasteiger partial charge in [0.2, 0.25) is 0 Å². The largest absolute Gasteiger partial charge is 0.497 e. The van der Waals surface area contributed by atoms with E-state index in [4.69, 9.17) is 29.1 Å². The van der Waals surface area contributed by atoms with E-state index in [2.05, 4.69) is 6.58 Å². The van der Waals surface area contributed by atoms with E-state index in [1.54, 1.807) is 42.5 Å². The first-order chi connectivity index (χ1) is 19.4. The Bertz CT molecular complexity index is 1320. The van der Waals surface area contributed by atoms with Crippen molar-refractivity contribution < 1.29 is 38.1 Å². The lowest BCUT2D eigenvalue weighted by molar-refractivity contribution is -0.137. The summed E-state index contributed by atoms with van der Waals surface area (Å²) in [6.07, 6.45) is 5.74. The number of carbonyl (C=O) groups excluding carboxylic acids is 3. The van der Waals surface area contributed by atoms with Crippen LogP contribution in [0.15, 0.2) is 79.4 Å². The Morgan fingerprint density at radius 3 is 1.93 bits per heavy atom. The van der Waals surface area contributed by atoms with Crippen molar-refractivity contribution in [3.63, 3.8) is 0 Å². The van der Waals surface area contributed by atoms with E-state index in [0.29, 0.717) is 35.8 Å². The molecule has 0 spiro atoms. The minimum absolute atomic E-state index is 0.229. The van der Waals surface area contributed by atoms with E-state index >= 15 is 0 Å². The number of hydrogen-bond acceptors (Lipinski definition) is 9. The van der Waals surface area contributed by atoms with Gasteiger partial charge in [0.05, 0.1) is 31.5 Å². The maximum atomic E-state index is 12.5. The SMILES string of the molecule is C=CC(=O)OCCCCCCOc1ccc(C(=O)Oc2ccc(C(=O)Oc3ccc(OC)cc3C=N)cc2)cc1. The second-order valence-electron chi connectivity index (χ2n) is 8.51. The number of methoxy groups -OCH3 is 1. The molecule has 0 aliphatic carbocycles. The summed E-state index contributed by atoms with van der Waals surface area (Å²) in [7, 11) is 1.51. The van der Waals surface area contributed by atoms with Crippen molar-refractivity contribution in [2.45, 2.75) is 25.7 Å². The number of ether oxygens (including phenoxy) is 5. The zero-order valence-electron chi connectivity index (χ0n) is 22.2. The Balaban J connectivity index is 1.43. The van der Waals surface area contributed by atoms with Crippen LogP contribution in [-0.4, -0.2) is 44.4 Å². The van der Waals surface area contributed by atoms with Crippen LogP contribution in [0.25, 0.3) is 0 Å². The molecule has 3 aromatic carbocycles. The Hall–Kier alpha value is -4.92. The molecule has 0 radical (unpaired) electrons. The van der Waals surface area contributed by atoms with Crippen LogP contribution in [0.3, 0.4) is 0 Å². The number of esters is 3. The lowest BCUT2D eigenvalue weighted by Gasteiger charge is -2.10. The normalized spacial score (nSPS) is 10.2. The van der Waals surface area contributed by atoms with Crippen LogP contribution in [0.5, 0.6) is 23.0 Å². The van der Waals surface area contributed by atoms with Gasteiger partial charge in [-0.1, -0.05) is 6.58 Å². The number of unbranched alkanes of at least 4 members (excludes halogenated alkanes) is 3. The molecule has 0 aromatic heterocycles. The topological polar surface area (TPSA) is 121 Å². The summed E-state index contributed by atoms with van der Waals surface area (Å²) in [6.45, 7) is 4.27. The summed E-state index contributed by atoms with van der Waals surface area (Å²) >= 11 is 0. The monoisotopic (exact) mass is 545 g/mol. The van der Waals surface area contributed by atoms with E-state index in [0.717, 1.165) is 38.0 Å². The lowest BCUT2D eigenvalue weighted by Crippen LogP contribution is -2.11. The zero-order chi connectivity index (χ0) is 28.7. The molecule has 40 heavy (non-hydrogen) atoms. The molecule has 0 aliphatic heterocycles. The predicted octanol–water partition coefficient (Wildman–Crippen LogP) is 5.80. The van der Waals surface area contributed by atoms with Gasteiger partial charge in [0.15, 0.2) is 0 Å². The molecule has 9 heteroatoms. The maximum Gasteiger partial charge on any atom is 0.343 e. The fourth-order valence-electron chi connectivity index (χ4n) is 3.51. The van der Waals surface area contributed by atoms with Crippen LogP contribution in [0.1, 0.15) is 52.0 Å². The first-order valence-electron chi connectivity index (χ1n) is 12.7. The molecule has 3 aromatic rings. The highest BCUT2D eigenvalue weighted by Gasteiger charge is 2.14. The second-order valence-corrected chi connectivity index (χ2v) is 8.51. The lowest BCUT2D eigenvalue weighted by atomic mass is 10.2. The Labute approximate surface area is 232 Å². The Morgan fingerprint density at radius 1 is 0.750 bits per heavy atom. The molecule has 0 heterocycles. The zero-order valence-corrected chi connectivity index (χ0v) is 22.2. The molecule has 0 saturated carbocycles. The van der Waals surface area contributed by atoms with Crippen molar-refractivity contribution in [3.8, 4) is 23.0 Å². The summed E-state index contributed by atoms with van der Waals surface area (Å²) in [5.74, 6) is 0.112. The van der Waals surface area contributed by atoms with Gasteiger partial charge < -0.3 is 29.1 Å². The van der Waals surface area contributed by atoms with E-state index in [-0.39, 0.29) is 17.1 Å². The van der Waals surface area contributed by atoms with Gasteiger partial charge in [0.25, 0.3) is 0 Å². The molecular formula is C31H31NO8. The second kappa shape index (κ2) is 15.5. The quantitative estimate of drug-likeness (QED) is 0.0836. The molecule has 0 atom stereocenters. The van der Waals surface area contributed by atoms with Crippen molar-refractivity contribution in [2.24, 2.45) is 0 Å². The van der Waals surface area contributed by atoms with Gasteiger partial charge in [-0.05, 0) is 92.4 Å². The summed E-state index contributed by atoms with van der Waals surface area (Å²) in [5.41, 5.74) is 1.00. The number of hydrogen-bond donors (Lipinski definition) is 1. The van der Waals surface area contributed by atoms with E-state index in [1.165, 1.54) is 31.4 Å². The molecular weight excluding hydrogens is 514 g/mol. The van der Waals surface area contributed by atoms with Gasteiger partial charge in [0.1, 0.15) is 23.0 Å². The molecule has 0 aliphatic rings. The fraction of sp³-hybridized carbons (Fsp3) is 0.226. The third-order valence-electron chi connectivity index (χ3n) is 5.68.